The Hall–Kier alpha value is -0.680. The van der Waals surface area contributed by atoms with Gasteiger partial charge in [-0.05, 0) is 24.0 Å². The molecule has 0 fully saturated rings. The van der Waals surface area contributed by atoms with E-state index >= 15 is 0 Å². The van der Waals surface area contributed by atoms with Gasteiger partial charge >= 0.3 is 0 Å². The van der Waals surface area contributed by atoms with Crippen molar-refractivity contribution in [1.82, 2.24) is 9.97 Å². The van der Waals surface area contributed by atoms with Crippen molar-refractivity contribution < 1.29 is 0 Å². The molecule has 0 aliphatic rings. The van der Waals surface area contributed by atoms with Crippen LogP contribution in [0.3, 0.4) is 0 Å². The van der Waals surface area contributed by atoms with Crippen LogP contribution >= 0.6 is 23.5 Å². The Bertz CT molecular complexity index is 379. The SMILES string of the molecule is C=CSCCCCCCSc1nccc(=O)[nH]1. The first-order valence-corrected chi connectivity index (χ1v) is 7.77. The van der Waals surface area contributed by atoms with Gasteiger partial charge in [0.25, 0.3) is 5.56 Å². The number of aromatic nitrogens is 2. The van der Waals surface area contributed by atoms with Crippen molar-refractivity contribution in [1.29, 1.82) is 0 Å². The van der Waals surface area contributed by atoms with E-state index in [-0.39, 0.29) is 5.56 Å². The lowest BCUT2D eigenvalue weighted by Gasteiger charge is -2.00. The highest BCUT2D eigenvalue weighted by Crippen LogP contribution is 2.14. The van der Waals surface area contributed by atoms with Gasteiger partial charge in [-0.2, -0.15) is 0 Å². The number of aromatic amines is 1. The van der Waals surface area contributed by atoms with Crippen molar-refractivity contribution in [2.75, 3.05) is 11.5 Å². The number of H-pyrrole nitrogens is 1. The van der Waals surface area contributed by atoms with Gasteiger partial charge in [0.05, 0.1) is 0 Å². The number of nitrogens with one attached hydrogen (secondary N) is 1. The molecule has 0 unspecified atom stereocenters. The zero-order valence-corrected chi connectivity index (χ0v) is 11.5. The van der Waals surface area contributed by atoms with Gasteiger partial charge in [-0.1, -0.05) is 31.2 Å². The topological polar surface area (TPSA) is 45.8 Å². The van der Waals surface area contributed by atoms with E-state index in [1.54, 1.807) is 29.7 Å². The third-order valence-corrected chi connectivity index (χ3v) is 3.89. The molecule has 0 radical (unpaired) electrons. The molecule has 1 aromatic rings. The van der Waals surface area contributed by atoms with Crippen molar-refractivity contribution >= 4 is 23.5 Å². The van der Waals surface area contributed by atoms with Gasteiger partial charge in [-0.15, -0.1) is 11.8 Å². The Labute approximate surface area is 111 Å². The molecule has 0 aromatic carbocycles. The van der Waals surface area contributed by atoms with Gasteiger partial charge in [0, 0.05) is 18.0 Å². The quantitative estimate of drug-likeness (QED) is 0.425. The molecule has 1 heterocycles. The highest BCUT2D eigenvalue weighted by Gasteiger charge is 1.96. The minimum Gasteiger partial charge on any atom is -0.301 e. The minimum absolute atomic E-state index is 0.0797. The first-order chi connectivity index (χ1) is 8.33. The van der Waals surface area contributed by atoms with E-state index in [0.717, 1.165) is 10.9 Å². The second kappa shape index (κ2) is 9.36. The lowest BCUT2D eigenvalue weighted by Crippen LogP contribution is -2.05. The van der Waals surface area contributed by atoms with Crippen LogP contribution < -0.4 is 5.56 Å². The summed E-state index contributed by atoms with van der Waals surface area (Å²) in [4.78, 5) is 17.8. The number of nitrogens with zero attached hydrogens (tertiary/aromatic N) is 1. The molecule has 0 bridgehead atoms. The van der Waals surface area contributed by atoms with Crippen LogP contribution in [0.15, 0.2) is 34.2 Å². The highest BCUT2D eigenvalue weighted by molar-refractivity contribution is 8.02. The van der Waals surface area contributed by atoms with E-state index in [1.165, 1.54) is 37.5 Å². The van der Waals surface area contributed by atoms with Crippen LogP contribution in [0.4, 0.5) is 0 Å². The van der Waals surface area contributed by atoms with Crippen LogP contribution in [0.5, 0.6) is 0 Å². The van der Waals surface area contributed by atoms with Gasteiger partial charge in [0.15, 0.2) is 5.16 Å². The fourth-order valence-corrected chi connectivity index (χ4v) is 2.71. The fraction of sp³-hybridized carbons (Fsp3) is 0.500. The Morgan fingerprint density at radius 3 is 2.76 bits per heavy atom. The first-order valence-electron chi connectivity index (χ1n) is 5.73. The molecule has 0 saturated heterocycles. The van der Waals surface area contributed by atoms with Crippen LogP contribution in [-0.4, -0.2) is 21.5 Å². The fourth-order valence-electron chi connectivity index (χ4n) is 1.32. The van der Waals surface area contributed by atoms with Crippen LogP contribution in [0.25, 0.3) is 0 Å². The molecule has 5 heteroatoms. The summed E-state index contributed by atoms with van der Waals surface area (Å²) in [6.07, 6.45) is 6.47. The summed E-state index contributed by atoms with van der Waals surface area (Å²) in [5.41, 5.74) is -0.0797. The molecule has 0 aliphatic carbocycles. The maximum Gasteiger partial charge on any atom is 0.251 e. The molecule has 1 N–H and O–H groups in total. The third-order valence-electron chi connectivity index (χ3n) is 2.16. The summed E-state index contributed by atoms with van der Waals surface area (Å²) in [7, 11) is 0. The van der Waals surface area contributed by atoms with E-state index in [9.17, 15) is 4.79 Å². The van der Waals surface area contributed by atoms with Gasteiger partial charge in [-0.25, -0.2) is 4.98 Å². The molecule has 94 valence electrons. The summed E-state index contributed by atoms with van der Waals surface area (Å²) < 4.78 is 0. The van der Waals surface area contributed by atoms with Crippen molar-refractivity contribution in [2.24, 2.45) is 0 Å². The van der Waals surface area contributed by atoms with Crippen LogP contribution in [0.2, 0.25) is 0 Å². The van der Waals surface area contributed by atoms with Crippen LogP contribution in [0.1, 0.15) is 25.7 Å². The molecule has 0 spiro atoms. The van der Waals surface area contributed by atoms with Crippen LogP contribution in [0, 0.1) is 0 Å². The third kappa shape index (κ3) is 7.28. The summed E-state index contributed by atoms with van der Waals surface area (Å²) in [6.45, 7) is 3.67. The predicted molar refractivity (Wildman–Crippen MR) is 76.7 cm³/mol. The number of unbranched alkanes of at least 4 members (excludes halogenated alkanes) is 3. The minimum atomic E-state index is -0.0797. The standard InChI is InChI=1S/C12H18N2OS2/c1-2-16-9-5-3-4-6-10-17-12-13-8-7-11(15)14-12/h2,7-8H,1,3-6,9-10H2,(H,13,14,15). The Balaban J connectivity index is 2.01. The van der Waals surface area contributed by atoms with Crippen molar-refractivity contribution in [3.05, 3.63) is 34.6 Å². The molecule has 1 aromatic heterocycles. The largest absolute Gasteiger partial charge is 0.301 e. The summed E-state index contributed by atoms with van der Waals surface area (Å²) in [5, 5.41) is 2.62. The van der Waals surface area contributed by atoms with Gasteiger partial charge < -0.3 is 4.98 Å². The smallest absolute Gasteiger partial charge is 0.251 e. The molecular formula is C12H18N2OS2. The molecule has 1 rings (SSSR count). The number of rotatable bonds is 9. The van der Waals surface area contributed by atoms with E-state index in [2.05, 4.69) is 16.5 Å². The first kappa shape index (κ1) is 14.4. The molecule has 0 atom stereocenters. The molecule has 17 heavy (non-hydrogen) atoms. The summed E-state index contributed by atoms with van der Waals surface area (Å²) in [5.74, 6) is 2.19. The predicted octanol–water partition coefficient (Wildman–Crippen LogP) is 3.30. The van der Waals surface area contributed by atoms with E-state index in [1.807, 2.05) is 5.41 Å². The molecular weight excluding hydrogens is 252 g/mol. The average Bonchev–Trinajstić information content (AvgIpc) is 2.33. The van der Waals surface area contributed by atoms with Gasteiger partial charge in [0.2, 0.25) is 0 Å². The lowest BCUT2D eigenvalue weighted by atomic mass is 10.2. The Morgan fingerprint density at radius 1 is 1.29 bits per heavy atom. The van der Waals surface area contributed by atoms with Crippen molar-refractivity contribution in [3.63, 3.8) is 0 Å². The summed E-state index contributed by atoms with van der Waals surface area (Å²) in [6, 6.07) is 1.43. The molecule has 0 saturated carbocycles. The summed E-state index contributed by atoms with van der Waals surface area (Å²) >= 11 is 3.39. The van der Waals surface area contributed by atoms with E-state index in [0.29, 0.717) is 0 Å². The van der Waals surface area contributed by atoms with Crippen molar-refractivity contribution in [2.45, 2.75) is 30.8 Å². The monoisotopic (exact) mass is 270 g/mol. The maximum atomic E-state index is 11.0. The van der Waals surface area contributed by atoms with E-state index < -0.39 is 0 Å². The number of thioether (sulfide) groups is 2. The zero-order chi connectivity index (χ0) is 12.3. The average molecular weight is 270 g/mol. The van der Waals surface area contributed by atoms with Crippen LogP contribution in [-0.2, 0) is 0 Å². The molecule has 0 amide bonds. The zero-order valence-electron chi connectivity index (χ0n) is 9.85. The number of hydrogen-bond acceptors (Lipinski definition) is 4. The highest BCUT2D eigenvalue weighted by atomic mass is 32.2. The number of hydrogen-bond donors (Lipinski definition) is 1. The van der Waals surface area contributed by atoms with Gasteiger partial charge in [0.1, 0.15) is 0 Å². The second-order valence-corrected chi connectivity index (χ2v) is 5.70. The molecule has 0 aliphatic heterocycles. The van der Waals surface area contributed by atoms with Gasteiger partial charge in [-0.3, -0.25) is 4.79 Å². The van der Waals surface area contributed by atoms with Crippen molar-refractivity contribution in [3.8, 4) is 0 Å². The normalized spacial score (nSPS) is 10.4. The lowest BCUT2D eigenvalue weighted by molar-refractivity contribution is 0.711. The maximum absolute atomic E-state index is 11.0. The Kier molecular flexibility index (Phi) is 7.92. The Morgan fingerprint density at radius 2 is 2.06 bits per heavy atom. The van der Waals surface area contributed by atoms with E-state index in [4.69, 9.17) is 0 Å². The molecule has 3 nitrogen and oxygen atoms in total. The second-order valence-electron chi connectivity index (χ2n) is 3.54.